The van der Waals surface area contributed by atoms with Crippen LogP contribution in [0.15, 0.2) is 45.6 Å². The first-order valence-electron chi connectivity index (χ1n) is 9.13. The highest BCUT2D eigenvalue weighted by atomic mass is 16.5. The Labute approximate surface area is 163 Å². The number of methoxy groups -OCH3 is 2. The van der Waals surface area contributed by atoms with Crippen LogP contribution in [-0.4, -0.2) is 31.3 Å². The van der Waals surface area contributed by atoms with Crippen molar-refractivity contribution < 1.29 is 19.0 Å². The molecule has 1 N–H and O–H groups in total. The largest absolute Gasteiger partial charge is 0.508 e. The fourth-order valence-electron chi connectivity index (χ4n) is 3.34. The number of hydrogen-bond acceptors (Lipinski definition) is 6. The summed E-state index contributed by atoms with van der Waals surface area (Å²) < 4.78 is 16.0. The third kappa shape index (κ3) is 4.12. The summed E-state index contributed by atoms with van der Waals surface area (Å²) in [5.41, 5.74) is 2.66. The SMILES string of the molecule is CCc1cc2c(CN(C)Cc3ccc(OC)cc3OC)cc(=O)oc2cc1O. The van der Waals surface area contributed by atoms with Crippen LogP contribution in [0.3, 0.4) is 0 Å². The molecule has 0 saturated heterocycles. The van der Waals surface area contributed by atoms with E-state index in [0.29, 0.717) is 25.1 Å². The molecule has 0 aliphatic heterocycles. The fraction of sp³-hybridized carbons (Fsp3) is 0.318. The molecule has 148 valence electrons. The molecular formula is C22H25NO5. The second kappa shape index (κ2) is 8.35. The molecule has 0 aliphatic carbocycles. The number of phenolic OH excluding ortho intramolecular Hbond substituents is 1. The van der Waals surface area contributed by atoms with Gasteiger partial charge in [-0.1, -0.05) is 13.0 Å². The number of benzene rings is 2. The van der Waals surface area contributed by atoms with Gasteiger partial charge in [0.05, 0.1) is 14.2 Å². The van der Waals surface area contributed by atoms with Crippen LogP contribution >= 0.6 is 0 Å². The van der Waals surface area contributed by atoms with Crippen molar-refractivity contribution in [3.05, 3.63) is 63.5 Å². The van der Waals surface area contributed by atoms with Crippen LogP contribution in [0.4, 0.5) is 0 Å². The molecule has 0 spiro atoms. The average molecular weight is 383 g/mol. The summed E-state index contributed by atoms with van der Waals surface area (Å²) in [6.45, 7) is 3.15. The Kier molecular flexibility index (Phi) is 5.90. The minimum absolute atomic E-state index is 0.145. The Morgan fingerprint density at radius 1 is 1.00 bits per heavy atom. The number of aryl methyl sites for hydroxylation is 1. The molecule has 6 heteroatoms. The maximum absolute atomic E-state index is 12.0. The van der Waals surface area contributed by atoms with Gasteiger partial charge in [-0.3, -0.25) is 4.90 Å². The smallest absolute Gasteiger partial charge is 0.336 e. The topological polar surface area (TPSA) is 72.1 Å². The van der Waals surface area contributed by atoms with Crippen LogP contribution in [0.5, 0.6) is 17.2 Å². The summed E-state index contributed by atoms with van der Waals surface area (Å²) in [7, 11) is 5.23. The second-order valence-electron chi connectivity index (χ2n) is 6.77. The molecule has 0 saturated carbocycles. The highest BCUT2D eigenvalue weighted by Crippen LogP contribution is 2.29. The molecule has 0 amide bonds. The van der Waals surface area contributed by atoms with Crippen molar-refractivity contribution in [2.75, 3.05) is 21.3 Å². The van der Waals surface area contributed by atoms with E-state index in [4.69, 9.17) is 13.9 Å². The number of fused-ring (bicyclic) bond motifs is 1. The lowest BCUT2D eigenvalue weighted by Gasteiger charge is -2.20. The van der Waals surface area contributed by atoms with Crippen molar-refractivity contribution in [3.63, 3.8) is 0 Å². The number of aromatic hydroxyl groups is 1. The van der Waals surface area contributed by atoms with Crippen molar-refractivity contribution in [1.29, 1.82) is 0 Å². The van der Waals surface area contributed by atoms with Crippen molar-refractivity contribution in [3.8, 4) is 17.2 Å². The third-order valence-corrected chi connectivity index (χ3v) is 4.79. The molecule has 3 rings (SSSR count). The lowest BCUT2D eigenvalue weighted by molar-refractivity contribution is 0.309. The van der Waals surface area contributed by atoms with E-state index in [2.05, 4.69) is 4.90 Å². The summed E-state index contributed by atoms with van der Waals surface area (Å²) in [5, 5.41) is 10.9. The average Bonchev–Trinajstić information content (AvgIpc) is 2.67. The van der Waals surface area contributed by atoms with Crippen molar-refractivity contribution in [1.82, 2.24) is 4.90 Å². The minimum Gasteiger partial charge on any atom is -0.508 e. The van der Waals surface area contributed by atoms with Gasteiger partial charge in [0.15, 0.2) is 0 Å². The highest BCUT2D eigenvalue weighted by molar-refractivity contribution is 5.82. The molecule has 2 aromatic carbocycles. The highest BCUT2D eigenvalue weighted by Gasteiger charge is 2.13. The van der Waals surface area contributed by atoms with E-state index in [0.717, 1.165) is 33.6 Å². The normalized spacial score (nSPS) is 11.2. The number of rotatable bonds is 7. The molecule has 3 aromatic rings. The maximum Gasteiger partial charge on any atom is 0.336 e. The summed E-state index contributed by atoms with van der Waals surface area (Å²) in [5.74, 6) is 1.63. The molecule has 6 nitrogen and oxygen atoms in total. The van der Waals surface area contributed by atoms with Gasteiger partial charge in [-0.15, -0.1) is 0 Å². The van der Waals surface area contributed by atoms with Crippen LogP contribution in [0.1, 0.15) is 23.6 Å². The number of hydrogen-bond donors (Lipinski definition) is 1. The standard InChI is InChI=1S/C22H25NO5/c1-5-14-8-18-16(9-22(25)28-21(18)11-19(14)24)13-23(2)12-15-6-7-17(26-3)10-20(15)27-4/h6-11,24H,5,12-13H2,1-4H3. The van der Waals surface area contributed by atoms with Gasteiger partial charge in [0, 0.05) is 42.2 Å². The van der Waals surface area contributed by atoms with E-state index in [-0.39, 0.29) is 5.75 Å². The van der Waals surface area contributed by atoms with Crippen molar-refractivity contribution >= 4 is 11.0 Å². The van der Waals surface area contributed by atoms with Gasteiger partial charge in [-0.2, -0.15) is 0 Å². The summed E-state index contributed by atoms with van der Waals surface area (Å²) >= 11 is 0. The van der Waals surface area contributed by atoms with Gasteiger partial charge in [-0.25, -0.2) is 4.79 Å². The van der Waals surface area contributed by atoms with Gasteiger partial charge in [-0.05, 0) is 36.7 Å². The Morgan fingerprint density at radius 2 is 1.75 bits per heavy atom. The number of ether oxygens (including phenoxy) is 2. The van der Waals surface area contributed by atoms with Crippen LogP contribution in [0.25, 0.3) is 11.0 Å². The molecule has 28 heavy (non-hydrogen) atoms. The zero-order valence-corrected chi connectivity index (χ0v) is 16.6. The molecular weight excluding hydrogens is 358 g/mol. The Bertz CT molecular complexity index is 1040. The lowest BCUT2D eigenvalue weighted by Crippen LogP contribution is -2.19. The summed E-state index contributed by atoms with van der Waals surface area (Å²) in [6.07, 6.45) is 0.694. The zero-order valence-electron chi connectivity index (χ0n) is 16.6. The van der Waals surface area contributed by atoms with Crippen LogP contribution in [0.2, 0.25) is 0 Å². The first-order chi connectivity index (χ1) is 13.4. The van der Waals surface area contributed by atoms with E-state index >= 15 is 0 Å². The predicted octanol–water partition coefficient (Wildman–Crippen LogP) is 3.71. The summed E-state index contributed by atoms with van der Waals surface area (Å²) in [4.78, 5) is 14.1. The van der Waals surface area contributed by atoms with E-state index in [9.17, 15) is 9.90 Å². The van der Waals surface area contributed by atoms with Crippen LogP contribution in [-0.2, 0) is 19.5 Å². The van der Waals surface area contributed by atoms with Crippen LogP contribution in [0, 0.1) is 0 Å². The fourth-order valence-corrected chi connectivity index (χ4v) is 3.34. The monoisotopic (exact) mass is 383 g/mol. The first kappa shape index (κ1) is 19.8. The molecule has 0 atom stereocenters. The molecule has 1 heterocycles. The molecule has 1 aromatic heterocycles. The van der Waals surface area contributed by atoms with Gasteiger partial charge >= 0.3 is 5.63 Å². The number of nitrogens with zero attached hydrogens (tertiary/aromatic N) is 1. The van der Waals surface area contributed by atoms with Gasteiger partial charge < -0.3 is 19.0 Å². The number of phenols is 1. The Hall–Kier alpha value is -2.99. The van der Waals surface area contributed by atoms with Crippen molar-refractivity contribution in [2.45, 2.75) is 26.4 Å². The summed E-state index contributed by atoms with van der Waals surface area (Å²) in [6, 6.07) is 10.6. The molecule has 0 aliphatic rings. The molecule has 0 fully saturated rings. The molecule has 0 bridgehead atoms. The van der Waals surface area contributed by atoms with Crippen molar-refractivity contribution in [2.24, 2.45) is 0 Å². The van der Waals surface area contributed by atoms with E-state index in [1.165, 1.54) is 12.1 Å². The van der Waals surface area contributed by atoms with Gasteiger partial charge in [0.25, 0.3) is 0 Å². The first-order valence-corrected chi connectivity index (χ1v) is 9.13. The molecule has 0 radical (unpaired) electrons. The Balaban J connectivity index is 1.91. The molecule has 0 unspecified atom stereocenters. The van der Waals surface area contributed by atoms with E-state index in [1.54, 1.807) is 14.2 Å². The third-order valence-electron chi connectivity index (χ3n) is 4.79. The second-order valence-corrected chi connectivity index (χ2v) is 6.77. The predicted molar refractivity (Wildman–Crippen MR) is 108 cm³/mol. The minimum atomic E-state index is -0.429. The maximum atomic E-state index is 12.0. The van der Waals surface area contributed by atoms with Gasteiger partial charge in [0.1, 0.15) is 22.8 Å². The van der Waals surface area contributed by atoms with E-state index < -0.39 is 5.63 Å². The van der Waals surface area contributed by atoms with Gasteiger partial charge in [0.2, 0.25) is 0 Å². The quantitative estimate of drug-likeness (QED) is 0.627. The van der Waals surface area contributed by atoms with Crippen LogP contribution < -0.4 is 15.1 Å². The Morgan fingerprint density at radius 3 is 2.43 bits per heavy atom. The zero-order chi connectivity index (χ0) is 20.3. The lowest BCUT2D eigenvalue weighted by atomic mass is 10.0. The van der Waals surface area contributed by atoms with E-state index in [1.807, 2.05) is 38.2 Å².